The van der Waals surface area contributed by atoms with Gasteiger partial charge in [-0.1, -0.05) is 48.0 Å². The summed E-state index contributed by atoms with van der Waals surface area (Å²) in [5.74, 6) is 0.358. The molecule has 0 bridgehead atoms. The normalized spacial score (nSPS) is 16.4. The molecule has 1 aliphatic rings. The Balaban J connectivity index is 1.83. The molecule has 0 aliphatic carbocycles. The van der Waals surface area contributed by atoms with E-state index in [2.05, 4.69) is 27.5 Å². The predicted molar refractivity (Wildman–Crippen MR) is 87.3 cm³/mol. The molecule has 0 amide bonds. The zero-order valence-corrected chi connectivity index (χ0v) is 12.6. The summed E-state index contributed by atoms with van der Waals surface area (Å²) in [6.07, 6.45) is 3.45. The number of rotatable bonds is 2. The fraction of sp³-hybridized carbons (Fsp3) is 0.111. The highest BCUT2D eigenvalue weighted by Gasteiger charge is 2.25. The Morgan fingerprint density at radius 2 is 1.87 bits per heavy atom. The van der Waals surface area contributed by atoms with Gasteiger partial charge in [-0.25, -0.2) is 9.07 Å². The van der Waals surface area contributed by atoms with Crippen LogP contribution < -0.4 is 5.32 Å². The number of nitrogens with zero attached hydrogens (tertiary/aromatic N) is 3. The largest absolute Gasteiger partial charge is 0.324 e. The number of benzene rings is 2. The van der Waals surface area contributed by atoms with Crippen LogP contribution in [0.15, 0.2) is 60.9 Å². The molecule has 4 rings (SSSR count). The lowest BCUT2D eigenvalue weighted by molar-refractivity contribution is 0.551. The highest BCUT2D eigenvalue weighted by molar-refractivity contribution is 5.77. The van der Waals surface area contributed by atoms with Gasteiger partial charge in [0.25, 0.3) is 0 Å². The van der Waals surface area contributed by atoms with Gasteiger partial charge in [-0.2, -0.15) is 10.1 Å². The summed E-state index contributed by atoms with van der Waals surface area (Å²) >= 11 is 0. The van der Waals surface area contributed by atoms with Crippen molar-refractivity contribution in [2.24, 2.45) is 0 Å². The maximum absolute atomic E-state index is 14.2. The number of anilines is 1. The molecule has 0 saturated heterocycles. The molecule has 23 heavy (non-hydrogen) atoms. The third kappa shape index (κ3) is 2.40. The minimum atomic E-state index is -0.328. The van der Waals surface area contributed by atoms with E-state index in [-0.39, 0.29) is 11.9 Å². The van der Waals surface area contributed by atoms with Crippen LogP contribution >= 0.6 is 0 Å². The fourth-order valence-electron chi connectivity index (χ4n) is 2.77. The summed E-state index contributed by atoms with van der Waals surface area (Å²) in [6.45, 7) is 2.05. The standard InChI is InChI=1S/C18H15FN4/c1-12-6-8-13(9-7-12)16-10-17(14-4-2-3-5-15(14)19)23-18(22-16)20-11-21-23/h2-11,17H,1H3,(H,20,21,22)/t17-/m0/s1. The Hall–Kier alpha value is -2.95. The number of nitrogens with one attached hydrogen (secondary N) is 1. The Labute approximate surface area is 133 Å². The van der Waals surface area contributed by atoms with Crippen molar-refractivity contribution < 1.29 is 4.39 Å². The van der Waals surface area contributed by atoms with Gasteiger partial charge < -0.3 is 5.32 Å². The number of hydrogen-bond donors (Lipinski definition) is 1. The lowest BCUT2D eigenvalue weighted by Crippen LogP contribution is -2.21. The van der Waals surface area contributed by atoms with E-state index in [0.717, 1.165) is 11.3 Å². The van der Waals surface area contributed by atoms with Crippen LogP contribution in [0.2, 0.25) is 0 Å². The number of hydrogen-bond acceptors (Lipinski definition) is 3. The molecule has 0 fully saturated rings. The van der Waals surface area contributed by atoms with E-state index < -0.39 is 0 Å². The van der Waals surface area contributed by atoms with Crippen LogP contribution in [0, 0.1) is 12.7 Å². The molecule has 0 radical (unpaired) electrons. The van der Waals surface area contributed by atoms with Crippen molar-refractivity contribution in [3.63, 3.8) is 0 Å². The van der Waals surface area contributed by atoms with Gasteiger partial charge in [-0.3, -0.25) is 0 Å². The predicted octanol–water partition coefficient (Wildman–Crippen LogP) is 3.78. The van der Waals surface area contributed by atoms with Gasteiger partial charge in [0.05, 0.1) is 0 Å². The van der Waals surface area contributed by atoms with Crippen LogP contribution in [0.1, 0.15) is 22.7 Å². The first-order valence-electron chi connectivity index (χ1n) is 7.42. The van der Waals surface area contributed by atoms with Gasteiger partial charge in [-0.15, -0.1) is 0 Å². The molecular formula is C18H15FN4. The topological polar surface area (TPSA) is 42.7 Å². The second-order valence-electron chi connectivity index (χ2n) is 5.57. The molecule has 2 heterocycles. The molecule has 3 aromatic rings. The molecule has 2 aromatic carbocycles. The van der Waals surface area contributed by atoms with Crippen LogP contribution in [0.5, 0.6) is 0 Å². The van der Waals surface area contributed by atoms with Crippen LogP contribution in [-0.4, -0.2) is 14.8 Å². The van der Waals surface area contributed by atoms with Crippen LogP contribution in [0.3, 0.4) is 0 Å². The molecular weight excluding hydrogens is 291 g/mol. The molecule has 114 valence electrons. The Bertz CT molecular complexity index is 880. The van der Waals surface area contributed by atoms with Gasteiger partial charge >= 0.3 is 0 Å². The van der Waals surface area contributed by atoms with E-state index in [1.54, 1.807) is 16.8 Å². The summed E-state index contributed by atoms with van der Waals surface area (Å²) in [7, 11) is 0. The third-order valence-electron chi connectivity index (χ3n) is 3.99. The zero-order chi connectivity index (χ0) is 15.8. The van der Waals surface area contributed by atoms with Crippen molar-refractivity contribution in [2.45, 2.75) is 13.0 Å². The van der Waals surface area contributed by atoms with Gasteiger partial charge in [0.1, 0.15) is 18.2 Å². The van der Waals surface area contributed by atoms with E-state index in [0.29, 0.717) is 11.5 Å². The number of aryl methyl sites for hydroxylation is 1. The average molecular weight is 306 g/mol. The van der Waals surface area contributed by atoms with Crippen molar-refractivity contribution in [3.8, 4) is 0 Å². The highest BCUT2D eigenvalue weighted by Crippen LogP contribution is 2.32. The van der Waals surface area contributed by atoms with Crippen molar-refractivity contribution >= 4 is 11.6 Å². The maximum atomic E-state index is 14.2. The van der Waals surface area contributed by atoms with Crippen LogP contribution in [-0.2, 0) is 0 Å². The Kier molecular flexibility index (Phi) is 3.19. The van der Waals surface area contributed by atoms with E-state index >= 15 is 0 Å². The first kappa shape index (κ1) is 13.7. The molecule has 0 saturated carbocycles. The van der Waals surface area contributed by atoms with E-state index in [1.807, 2.05) is 31.2 Å². The van der Waals surface area contributed by atoms with Crippen LogP contribution in [0.4, 0.5) is 10.3 Å². The van der Waals surface area contributed by atoms with Crippen molar-refractivity contribution in [1.82, 2.24) is 14.8 Å². The first-order chi connectivity index (χ1) is 11.2. The van der Waals surface area contributed by atoms with E-state index in [1.165, 1.54) is 18.0 Å². The first-order valence-corrected chi connectivity index (χ1v) is 7.42. The number of fused-ring (bicyclic) bond motifs is 1. The summed E-state index contributed by atoms with van der Waals surface area (Å²) in [5, 5.41) is 7.49. The fourth-order valence-corrected chi connectivity index (χ4v) is 2.77. The zero-order valence-electron chi connectivity index (χ0n) is 12.6. The molecule has 5 heteroatoms. The van der Waals surface area contributed by atoms with Crippen molar-refractivity contribution in [3.05, 3.63) is 83.4 Å². The maximum Gasteiger partial charge on any atom is 0.226 e. The lowest BCUT2D eigenvalue weighted by Gasteiger charge is -2.24. The average Bonchev–Trinajstić information content (AvgIpc) is 3.04. The number of aromatic nitrogens is 3. The van der Waals surface area contributed by atoms with Gasteiger partial charge in [0.15, 0.2) is 0 Å². The Morgan fingerprint density at radius 1 is 1.09 bits per heavy atom. The highest BCUT2D eigenvalue weighted by atomic mass is 19.1. The van der Waals surface area contributed by atoms with Crippen LogP contribution in [0.25, 0.3) is 5.70 Å². The molecule has 0 spiro atoms. The lowest BCUT2D eigenvalue weighted by atomic mass is 10.0. The number of allylic oxidation sites excluding steroid dienone is 1. The minimum Gasteiger partial charge on any atom is -0.324 e. The van der Waals surface area contributed by atoms with E-state index in [4.69, 9.17) is 0 Å². The van der Waals surface area contributed by atoms with Crippen molar-refractivity contribution in [2.75, 3.05) is 5.32 Å². The molecule has 1 aliphatic heterocycles. The van der Waals surface area contributed by atoms with Gasteiger partial charge in [0.2, 0.25) is 5.95 Å². The second kappa shape index (κ2) is 5.35. The number of halogens is 1. The second-order valence-corrected chi connectivity index (χ2v) is 5.57. The SMILES string of the molecule is Cc1ccc(C2=C[C@@H](c3ccccc3F)n3ncnc3N2)cc1. The minimum absolute atomic E-state index is 0.250. The summed E-state index contributed by atoms with van der Waals surface area (Å²) in [5.41, 5.74) is 3.70. The smallest absolute Gasteiger partial charge is 0.226 e. The molecule has 0 unspecified atom stereocenters. The Morgan fingerprint density at radius 3 is 2.65 bits per heavy atom. The summed E-state index contributed by atoms with van der Waals surface area (Å²) in [4.78, 5) is 4.23. The quantitative estimate of drug-likeness (QED) is 0.783. The summed E-state index contributed by atoms with van der Waals surface area (Å²) in [6, 6.07) is 14.6. The van der Waals surface area contributed by atoms with Gasteiger partial charge in [0, 0.05) is 11.3 Å². The molecule has 4 nitrogen and oxygen atoms in total. The third-order valence-corrected chi connectivity index (χ3v) is 3.99. The molecule has 1 atom stereocenters. The van der Waals surface area contributed by atoms with Crippen molar-refractivity contribution in [1.29, 1.82) is 0 Å². The summed E-state index contributed by atoms with van der Waals surface area (Å²) < 4.78 is 15.9. The molecule has 1 N–H and O–H groups in total. The monoisotopic (exact) mass is 306 g/mol. The van der Waals surface area contributed by atoms with E-state index in [9.17, 15) is 4.39 Å². The van der Waals surface area contributed by atoms with Gasteiger partial charge in [-0.05, 0) is 24.6 Å². The molecule has 1 aromatic heterocycles.